The summed E-state index contributed by atoms with van der Waals surface area (Å²) in [5.41, 5.74) is 0. The minimum atomic E-state index is 2.00. The van der Waals surface area contributed by atoms with E-state index < -0.39 is 0 Å². The summed E-state index contributed by atoms with van der Waals surface area (Å²) in [6, 6.07) is 0. The van der Waals surface area contributed by atoms with Crippen molar-refractivity contribution in [3.05, 3.63) is 48.4 Å². The van der Waals surface area contributed by atoms with Gasteiger partial charge in [-0.1, -0.05) is 36.5 Å². The van der Waals surface area contributed by atoms with Crippen LogP contribution in [0.25, 0.3) is 0 Å². The molecule has 0 bridgehead atoms. The first-order chi connectivity index (χ1) is 4.50. The molecule has 0 saturated heterocycles. The maximum atomic E-state index is 2.00. The van der Waals surface area contributed by atoms with E-state index in [0.717, 1.165) is 0 Å². The summed E-state index contributed by atoms with van der Waals surface area (Å²) in [7, 11) is 2.00. The standard InChI is InChI=1S/C8H8B/c1-2-4-6-8-9-7-5-3-1/h1-8H/b3-1-,4-2-,7-5-,8-6-. The van der Waals surface area contributed by atoms with E-state index in [1.54, 1.807) is 0 Å². The molecule has 0 aromatic heterocycles. The Morgan fingerprint density at radius 2 is 1.00 bits per heavy atom. The van der Waals surface area contributed by atoms with Crippen molar-refractivity contribution >= 4 is 7.28 Å². The van der Waals surface area contributed by atoms with Crippen LogP contribution in [-0.2, 0) is 0 Å². The predicted octanol–water partition coefficient (Wildman–Crippen LogP) is 1.84. The average Bonchev–Trinajstić information content (AvgIpc) is 2.00. The highest BCUT2D eigenvalue weighted by Crippen LogP contribution is 1.85. The highest BCUT2D eigenvalue weighted by Gasteiger charge is 1.72. The lowest BCUT2D eigenvalue weighted by Crippen LogP contribution is -1.72. The SMILES string of the molecule is [B]1\C=C/C=C\C=C/C=C\1. The van der Waals surface area contributed by atoms with Crippen LogP contribution in [0.5, 0.6) is 0 Å². The molecular weight excluding hydrogens is 107 g/mol. The lowest BCUT2D eigenvalue weighted by atomic mass is 9.78. The van der Waals surface area contributed by atoms with Crippen LogP contribution in [0.15, 0.2) is 48.4 Å². The molecule has 0 N–H and O–H groups in total. The first kappa shape index (κ1) is 6.15. The molecule has 1 aliphatic heterocycles. The van der Waals surface area contributed by atoms with Crippen molar-refractivity contribution in [2.45, 2.75) is 0 Å². The molecule has 0 amide bonds. The van der Waals surface area contributed by atoms with Crippen LogP contribution in [0, 0.1) is 0 Å². The highest BCUT2D eigenvalue weighted by atomic mass is 13.7. The van der Waals surface area contributed by atoms with Gasteiger partial charge in [0.2, 0.25) is 0 Å². The van der Waals surface area contributed by atoms with Crippen molar-refractivity contribution in [2.24, 2.45) is 0 Å². The average molecular weight is 115 g/mol. The summed E-state index contributed by atoms with van der Waals surface area (Å²) in [5.74, 6) is 4.00. The van der Waals surface area contributed by atoms with Crippen molar-refractivity contribution in [1.29, 1.82) is 0 Å². The number of hydrogen-bond donors (Lipinski definition) is 0. The van der Waals surface area contributed by atoms with Crippen LogP contribution >= 0.6 is 0 Å². The highest BCUT2D eigenvalue weighted by molar-refractivity contribution is 6.48. The van der Waals surface area contributed by atoms with Gasteiger partial charge >= 0.3 is 0 Å². The largest absolute Gasteiger partial charge is 0.171 e. The minimum Gasteiger partial charge on any atom is -0.117 e. The van der Waals surface area contributed by atoms with Gasteiger partial charge in [0.15, 0.2) is 7.28 Å². The van der Waals surface area contributed by atoms with Crippen molar-refractivity contribution < 1.29 is 0 Å². The van der Waals surface area contributed by atoms with E-state index in [9.17, 15) is 0 Å². The Morgan fingerprint density at radius 1 is 0.556 bits per heavy atom. The Bertz CT molecular complexity index is 153. The van der Waals surface area contributed by atoms with Crippen molar-refractivity contribution in [2.75, 3.05) is 0 Å². The topological polar surface area (TPSA) is 0 Å². The van der Waals surface area contributed by atoms with Crippen molar-refractivity contribution in [3.8, 4) is 0 Å². The molecule has 1 heterocycles. The quantitative estimate of drug-likeness (QED) is 0.422. The zero-order chi connectivity index (χ0) is 6.36. The van der Waals surface area contributed by atoms with Crippen LogP contribution in [-0.4, -0.2) is 7.28 Å². The molecule has 1 rings (SSSR count). The van der Waals surface area contributed by atoms with E-state index in [1.807, 2.05) is 55.7 Å². The molecule has 0 atom stereocenters. The molecule has 0 spiro atoms. The summed E-state index contributed by atoms with van der Waals surface area (Å²) in [4.78, 5) is 0. The number of hydrogen-bond acceptors (Lipinski definition) is 0. The molecule has 1 heteroatoms. The van der Waals surface area contributed by atoms with E-state index >= 15 is 0 Å². The van der Waals surface area contributed by atoms with Crippen LogP contribution in [0.3, 0.4) is 0 Å². The third kappa shape index (κ3) is 2.75. The molecule has 1 radical (unpaired) electrons. The van der Waals surface area contributed by atoms with Gasteiger partial charge in [0.05, 0.1) is 0 Å². The second kappa shape index (κ2) is 3.96. The second-order valence-corrected chi connectivity index (χ2v) is 1.73. The zero-order valence-corrected chi connectivity index (χ0v) is 5.20. The maximum Gasteiger partial charge on any atom is 0.171 e. The van der Waals surface area contributed by atoms with Gasteiger partial charge in [0, 0.05) is 0 Å². The van der Waals surface area contributed by atoms with Gasteiger partial charge in [-0.25, -0.2) is 0 Å². The van der Waals surface area contributed by atoms with E-state index in [1.165, 1.54) is 0 Å². The van der Waals surface area contributed by atoms with E-state index in [0.29, 0.717) is 0 Å². The van der Waals surface area contributed by atoms with Gasteiger partial charge in [-0.15, -0.1) is 12.0 Å². The number of rotatable bonds is 0. The fourth-order valence-corrected chi connectivity index (χ4v) is 0.577. The molecule has 0 aliphatic carbocycles. The normalized spacial score (nSPS) is 30.2. The van der Waals surface area contributed by atoms with E-state index in [2.05, 4.69) is 0 Å². The monoisotopic (exact) mass is 115 g/mol. The maximum absolute atomic E-state index is 2.00. The minimum absolute atomic E-state index is 2.00. The Balaban J connectivity index is 2.60. The summed E-state index contributed by atoms with van der Waals surface area (Å²) < 4.78 is 0. The van der Waals surface area contributed by atoms with E-state index in [-0.39, 0.29) is 0 Å². The predicted molar refractivity (Wildman–Crippen MR) is 42.3 cm³/mol. The molecule has 0 aromatic rings. The summed E-state index contributed by atoms with van der Waals surface area (Å²) in [6.45, 7) is 0. The number of allylic oxidation sites excluding steroid dienone is 6. The van der Waals surface area contributed by atoms with Gasteiger partial charge in [-0.3, -0.25) is 0 Å². The van der Waals surface area contributed by atoms with Crippen molar-refractivity contribution in [1.82, 2.24) is 0 Å². The second-order valence-electron chi connectivity index (χ2n) is 1.73. The summed E-state index contributed by atoms with van der Waals surface area (Å²) >= 11 is 0. The molecule has 9 heavy (non-hydrogen) atoms. The molecule has 0 fully saturated rings. The Hall–Kier alpha value is -0.975. The summed E-state index contributed by atoms with van der Waals surface area (Å²) in [6.07, 6.45) is 12.0. The van der Waals surface area contributed by atoms with Gasteiger partial charge < -0.3 is 0 Å². The Morgan fingerprint density at radius 3 is 1.56 bits per heavy atom. The Kier molecular flexibility index (Phi) is 2.71. The molecule has 0 unspecified atom stereocenters. The lowest BCUT2D eigenvalue weighted by Gasteiger charge is -1.71. The lowest BCUT2D eigenvalue weighted by molar-refractivity contribution is 1.91. The smallest absolute Gasteiger partial charge is 0.117 e. The molecule has 0 nitrogen and oxygen atoms in total. The van der Waals surface area contributed by atoms with Gasteiger partial charge in [-0.05, 0) is 0 Å². The van der Waals surface area contributed by atoms with Gasteiger partial charge in [-0.2, -0.15) is 0 Å². The first-order valence-electron chi connectivity index (χ1n) is 3.00. The Labute approximate surface area is 56.5 Å². The molecular formula is C8H8B. The summed E-state index contributed by atoms with van der Waals surface area (Å²) in [5, 5.41) is 0. The van der Waals surface area contributed by atoms with Crippen LogP contribution in [0.4, 0.5) is 0 Å². The van der Waals surface area contributed by atoms with Gasteiger partial charge in [0.1, 0.15) is 0 Å². The molecule has 1 aliphatic rings. The zero-order valence-electron chi connectivity index (χ0n) is 5.20. The van der Waals surface area contributed by atoms with Crippen LogP contribution < -0.4 is 0 Å². The van der Waals surface area contributed by atoms with Gasteiger partial charge in [0.25, 0.3) is 0 Å². The third-order valence-corrected chi connectivity index (χ3v) is 1.00. The van der Waals surface area contributed by atoms with E-state index in [4.69, 9.17) is 0 Å². The first-order valence-corrected chi connectivity index (χ1v) is 3.00. The fourth-order valence-electron chi connectivity index (χ4n) is 0.577. The molecule has 0 aromatic carbocycles. The molecule has 43 valence electrons. The fraction of sp³-hybridized carbons (Fsp3) is 0. The van der Waals surface area contributed by atoms with Crippen molar-refractivity contribution in [3.63, 3.8) is 0 Å². The van der Waals surface area contributed by atoms with Crippen LogP contribution in [0.1, 0.15) is 0 Å². The molecule has 0 saturated carbocycles. The third-order valence-electron chi connectivity index (χ3n) is 1.00. The van der Waals surface area contributed by atoms with Crippen LogP contribution in [0.2, 0.25) is 0 Å².